The first kappa shape index (κ1) is 15.0. The average Bonchev–Trinajstić information content (AvgIpc) is 2.49. The van der Waals surface area contributed by atoms with Crippen LogP contribution in [0.25, 0.3) is 0 Å². The largest absolute Gasteiger partial charge is 0.494 e. The van der Waals surface area contributed by atoms with Gasteiger partial charge in [0, 0.05) is 6.54 Å². The summed E-state index contributed by atoms with van der Waals surface area (Å²) >= 11 is 0. The van der Waals surface area contributed by atoms with Gasteiger partial charge in [-0.05, 0) is 42.8 Å². The molecule has 5 heteroatoms. The number of carbonyl (C=O) groups is 1. The maximum atomic E-state index is 13.4. The highest BCUT2D eigenvalue weighted by molar-refractivity contribution is 5.94. The molecule has 0 heterocycles. The molecular weight excluding hydrogens is 276 g/mol. The molecule has 0 atom stereocenters. The van der Waals surface area contributed by atoms with Crippen LogP contribution in [0.3, 0.4) is 0 Å². The van der Waals surface area contributed by atoms with Gasteiger partial charge in [-0.1, -0.05) is 12.1 Å². The summed E-state index contributed by atoms with van der Waals surface area (Å²) < 4.78 is 31.8. The van der Waals surface area contributed by atoms with Crippen molar-refractivity contribution in [2.45, 2.75) is 13.5 Å². The molecule has 110 valence electrons. The Morgan fingerprint density at radius 3 is 2.52 bits per heavy atom. The van der Waals surface area contributed by atoms with E-state index in [4.69, 9.17) is 4.74 Å². The second kappa shape index (κ2) is 6.83. The van der Waals surface area contributed by atoms with Crippen LogP contribution in [0.2, 0.25) is 0 Å². The van der Waals surface area contributed by atoms with Gasteiger partial charge in [-0.3, -0.25) is 4.79 Å². The van der Waals surface area contributed by atoms with Gasteiger partial charge in [0.2, 0.25) is 0 Å². The molecule has 0 aromatic heterocycles. The predicted octanol–water partition coefficient (Wildman–Crippen LogP) is 3.29. The van der Waals surface area contributed by atoms with Crippen LogP contribution in [-0.2, 0) is 6.54 Å². The number of carbonyl (C=O) groups excluding carboxylic acids is 1. The van der Waals surface area contributed by atoms with Gasteiger partial charge in [0.25, 0.3) is 5.91 Å². The van der Waals surface area contributed by atoms with Crippen molar-refractivity contribution in [1.29, 1.82) is 0 Å². The van der Waals surface area contributed by atoms with Crippen LogP contribution in [0, 0.1) is 11.6 Å². The van der Waals surface area contributed by atoms with Crippen LogP contribution in [0.1, 0.15) is 22.8 Å². The van der Waals surface area contributed by atoms with Crippen molar-refractivity contribution < 1.29 is 18.3 Å². The smallest absolute Gasteiger partial charge is 0.254 e. The lowest BCUT2D eigenvalue weighted by Gasteiger charge is -2.08. The lowest BCUT2D eigenvalue weighted by atomic mass is 10.1. The van der Waals surface area contributed by atoms with Crippen molar-refractivity contribution in [2.75, 3.05) is 6.61 Å². The van der Waals surface area contributed by atoms with Crippen LogP contribution in [0.5, 0.6) is 5.75 Å². The first-order valence-corrected chi connectivity index (χ1v) is 6.55. The molecule has 0 saturated carbocycles. The fourth-order valence-electron chi connectivity index (χ4n) is 1.82. The number of halogens is 2. The molecule has 0 aliphatic heterocycles. The van der Waals surface area contributed by atoms with E-state index in [1.807, 2.05) is 6.92 Å². The molecule has 0 aliphatic rings. The van der Waals surface area contributed by atoms with Crippen LogP contribution < -0.4 is 10.1 Å². The molecule has 0 bridgehead atoms. The predicted molar refractivity (Wildman–Crippen MR) is 75.1 cm³/mol. The Balaban J connectivity index is 1.99. The highest BCUT2D eigenvalue weighted by atomic mass is 19.1. The zero-order valence-corrected chi connectivity index (χ0v) is 11.5. The van der Waals surface area contributed by atoms with Crippen molar-refractivity contribution in [1.82, 2.24) is 5.32 Å². The van der Waals surface area contributed by atoms with E-state index in [1.165, 1.54) is 0 Å². The topological polar surface area (TPSA) is 38.3 Å². The molecule has 2 aromatic rings. The Bertz CT molecular complexity index is 627. The average molecular weight is 291 g/mol. The Labute approximate surface area is 121 Å². The minimum atomic E-state index is -0.749. The van der Waals surface area contributed by atoms with Crippen molar-refractivity contribution >= 4 is 5.91 Å². The first-order chi connectivity index (χ1) is 10.1. The molecular formula is C16H15F2NO2. The summed E-state index contributed by atoms with van der Waals surface area (Å²) in [7, 11) is 0. The number of benzene rings is 2. The fraction of sp³-hybridized carbons (Fsp3) is 0.188. The van der Waals surface area contributed by atoms with E-state index in [1.54, 1.807) is 24.3 Å². The van der Waals surface area contributed by atoms with Crippen LogP contribution in [0.4, 0.5) is 8.78 Å². The SMILES string of the molecule is CCOc1ccc(CNC(=O)c2cc(F)ccc2F)cc1. The van der Waals surface area contributed by atoms with Gasteiger partial charge in [0.05, 0.1) is 12.2 Å². The third kappa shape index (κ3) is 4.02. The molecule has 0 radical (unpaired) electrons. The molecule has 2 rings (SSSR count). The number of hydrogen-bond donors (Lipinski definition) is 1. The van der Waals surface area contributed by atoms with Crippen molar-refractivity contribution in [3.05, 3.63) is 65.2 Å². The molecule has 0 spiro atoms. The number of amides is 1. The third-order valence-electron chi connectivity index (χ3n) is 2.86. The highest BCUT2D eigenvalue weighted by Gasteiger charge is 2.12. The number of ether oxygens (including phenoxy) is 1. The third-order valence-corrected chi connectivity index (χ3v) is 2.86. The van der Waals surface area contributed by atoms with Crippen LogP contribution >= 0.6 is 0 Å². The summed E-state index contributed by atoms with van der Waals surface area (Å²) in [5.74, 6) is -1.31. The van der Waals surface area contributed by atoms with E-state index in [0.717, 1.165) is 29.5 Å². The molecule has 3 nitrogen and oxygen atoms in total. The zero-order valence-electron chi connectivity index (χ0n) is 11.5. The Kier molecular flexibility index (Phi) is 4.87. The normalized spacial score (nSPS) is 10.2. The van der Waals surface area contributed by atoms with E-state index in [-0.39, 0.29) is 12.1 Å². The Morgan fingerprint density at radius 2 is 1.86 bits per heavy atom. The summed E-state index contributed by atoms with van der Waals surface area (Å²) in [6.07, 6.45) is 0. The zero-order chi connectivity index (χ0) is 15.2. The van der Waals surface area contributed by atoms with Crippen molar-refractivity contribution in [3.63, 3.8) is 0 Å². The number of hydrogen-bond acceptors (Lipinski definition) is 2. The quantitative estimate of drug-likeness (QED) is 0.918. The van der Waals surface area contributed by atoms with Gasteiger partial charge in [0.15, 0.2) is 0 Å². The maximum Gasteiger partial charge on any atom is 0.254 e. The van der Waals surface area contributed by atoms with Gasteiger partial charge in [0.1, 0.15) is 17.4 Å². The van der Waals surface area contributed by atoms with Gasteiger partial charge in [-0.25, -0.2) is 8.78 Å². The molecule has 0 unspecified atom stereocenters. The lowest BCUT2D eigenvalue weighted by Crippen LogP contribution is -2.24. The van der Waals surface area contributed by atoms with E-state index >= 15 is 0 Å². The van der Waals surface area contributed by atoms with E-state index in [2.05, 4.69) is 5.32 Å². The summed E-state index contributed by atoms with van der Waals surface area (Å²) in [5, 5.41) is 2.55. The minimum Gasteiger partial charge on any atom is -0.494 e. The van der Waals surface area contributed by atoms with E-state index in [0.29, 0.717) is 6.61 Å². The van der Waals surface area contributed by atoms with Crippen LogP contribution in [-0.4, -0.2) is 12.5 Å². The second-order valence-electron chi connectivity index (χ2n) is 4.38. The highest BCUT2D eigenvalue weighted by Crippen LogP contribution is 2.13. The number of rotatable bonds is 5. The van der Waals surface area contributed by atoms with Crippen molar-refractivity contribution in [2.24, 2.45) is 0 Å². The van der Waals surface area contributed by atoms with Gasteiger partial charge < -0.3 is 10.1 Å². The van der Waals surface area contributed by atoms with E-state index in [9.17, 15) is 13.6 Å². The van der Waals surface area contributed by atoms with Gasteiger partial charge >= 0.3 is 0 Å². The molecule has 0 saturated heterocycles. The summed E-state index contributed by atoms with van der Waals surface area (Å²) in [5.41, 5.74) is 0.532. The minimum absolute atomic E-state index is 0.223. The van der Waals surface area contributed by atoms with Gasteiger partial charge in [-0.15, -0.1) is 0 Å². The summed E-state index contributed by atoms with van der Waals surface area (Å²) in [6, 6.07) is 9.95. The first-order valence-electron chi connectivity index (χ1n) is 6.55. The second-order valence-corrected chi connectivity index (χ2v) is 4.38. The Hall–Kier alpha value is -2.43. The Morgan fingerprint density at radius 1 is 1.14 bits per heavy atom. The van der Waals surface area contributed by atoms with Crippen molar-refractivity contribution in [3.8, 4) is 5.75 Å². The molecule has 2 aromatic carbocycles. The molecule has 1 N–H and O–H groups in total. The maximum absolute atomic E-state index is 13.4. The molecule has 0 fully saturated rings. The van der Waals surface area contributed by atoms with E-state index < -0.39 is 17.5 Å². The molecule has 1 amide bonds. The van der Waals surface area contributed by atoms with Gasteiger partial charge in [-0.2, -0.15) is 0 Å². The summed E-state index contributed by atoms with van der Waals surface area (Å²) in [6.45, 7) is 2.69. The fourth-order valence-corrected chi connectivity index (χ4v) is 1.82. The standard InChI is InChI=1S/C16H15F2NO2/c1-2-21-13-6-3-11(4-7-13)10-19-16(20)14-9-12(17)5-8-15(14)18/h3-9H,2,10H2,1H3,(H,19,20). The summed E-state index contributed by atoms with van der Waals surface area (Å²) in [4.78, 5) is 11.8. The lowest BCUT2D eigenvalue weighted by molar-refractivity contribution is 0.0946. The van der Waals surface area contributed by atoms with Crippen LogP contribution in [0.15, 0.2) is 42.5 Å². The molecule has 21 heavy (non-hydrogen) atoms. The monoisotopic (exact) mass is 291 g/mol. The number of nitrogens with one attached hydrogen (secondary N) is 1. The molecule has 0 aliphatic carbocycles.